The normalized spacial score (nSPS) is 10.7. The first-order valence-corrected chi connectivity index (χ1v) is 4.34. The summed E-state index contributed by atoms with van der Waals surface area (Å²) in [5, 5.41) is 8.72. The third kappa shape index (κ3) is 3.06. The van der Waals surface area contributed by atoms with Gasteiger partial charge in [-0.1, -0.05) is 12.1 Å². The molecule has 74 valence electrons. The molecule has 0 atom stereocenters. The molecule has 0 heterocycles. The van der Waals surface area contributed by atoms with Crippen molar-refractivity contribution < 1.29 is 9.13 Å². The Kier molecular flexibility index (Phi) is 3.08. The van der Waals surface area contributed by atoms with Crippen molar-refractivity contribution in [3.63, 3.8) is 0 Å². The largest absolute Gasteiger partial charge is 0.489 e. The highest BCUT2D eigenvalue weighted by molar-refractivity contribution is 5.42. The number of rotatable bonds is 3. The average molecular weight is 193 g/mol. The molecule has 0 aliphatic rings. The van der Waals surface area contributed by atoms with Gasteiger partial charge in [0, 0.05) is 0 Å². The summed E-state index contributed by atoms with van der Waals surface area (Å²) in [7, 11) is 0. The average Bonchev–Trinajstić information content (AvgIpc) is 2.14. The van der Waals surface area contributed by atoms with Gasteiger partial charge in [-0.25, -0.2) is 4.39 Å². The smallest absolute Gasteiger partial charge is 0.139 e. The first kappa shape index (κ1) is 10.5. The van der Waals surface area contributed by atoms with Crippen molar-refractivity contribution in [2.24, 2.45) is 0 Å². The van der Waals surface area contributed by atoms with Gasteiger partial charge < -0.3 is 4.74 Å². The summed E-state index contributed by atoms with van der Waals surface area (Å²) in [5.41, 5.74) is -0.959. The van der Waals surface area contributed by atoms with E-state index in [-0.39, 0.29) is 6.61 Å². The lowest BCUT2D eigenvalue weighted by Gasteiger charge is -2.15. The zero-order valence-electron chi connectivity index (χ0n) is 8.25. The molecule has 0 aliphatic carbocycles. The van der Waals surface area contributed by atoms with Crippen LogP contribution in [0.25, 0.3) is 0 Å². The molecule has 3 heteroatoms. The van der Waals surface area contributed by atoms with Crippen molar-refractivity contribution in [2.45, 2.75) is 19.5 Å². The summed E-state index contributed by atoms with van der Waals surface area (Å²) >= 11 is 0. The predicted octanol–water partition coefficient (Wildman–Crippen LogP) is 2.69. The summed E-state index contributed by atoms with van der Waals surface area (Å²) in [5.74, 6) is 0.431. The molecule has 0 aliphatic heterocycles. The third-order valence-corrected chi connectivity index (χ3v) is 1.58. The van der Waals surface area contributed by atoms with Crippen LogP contribution in [0.2, 0.25) is 0 Å². The van der Waals surface area contributed by atoms with Gasteiger partial charge in [-0.3, -0.25) is 0 Å². The van der Waals surface area contributed by atoms with Crippen LogP contribution in [0.1, 0.15) is 19.4 Å². The highest BCUT2D eigenvalue weighted by Gasteiger charge is 2.17. The van der Waals surface area contributed by atoms with E-state index in [4.69, 9.17) is 10.00 Å². The van der Waals surface area contributed by atoms with Crippen molar-refractivity contribution in [1.82, 2.24) is 0 Å². The molecule has 0 saturated carbocycles. The standard InChI is InChI=1S/C11H12FNO/c1-11(2,12)8-14-10-6-4-3-5-9(10)7-13/h3-6H,8H2,1-2H3. The van der Waals surface area contributed by atoms with Crippen molar-refractivity contribution in [2.75, 3.05) is 6.61 Å². The van der Waals surface area contributed by atoms with Gasteiger partial charge in [0.15, 0.2) is 0 Å². The number of para-hydroxylation sites is 1. The molecule has 0 unspecified atom stereocenters. The first-order chi connectivity index (χ1) is 6.53. The SMILES string of the molecule is CC(C)(F)COc1ccccc1C#N. The Labute approximate surface area is 82.9 Å². The van der Waals surface area contributed by atoms with Crippen LogP contribution in [-0.2, 0) is 0 Å². The molecule has 1 rings (SSSR count). The molecule has 0 amide bonds. The molecule has 0 fully saturated rings. The number of nitrogens with zero attached hydrogens (tertiary/aromatic N) is 1. The van der Waals surface area contributed by atoms with Crippen molar-refractivity contribution in [3.8, 4) is 11.8 Å². The Morgan fingerprint density at radius 1 is 1.43 bits per heavy atom. The number of alkyl halides is 1. The quantitative estimate of drug-likeness (QED) is 0.739. The maximum Gasteiger partial charge on any atom is 0.139 e. The molecular weight excluding hydrogens is 181 g/mol. The maximum atomic E-state index is 13.1. The Bertz CT molecular complexity index is 349. The lowest BCUT2D eigenvalue weighted by atomic mass is 10.2. The summed E-state index contributed by atoms with van der Waals surface area (Å²) in [6.07, 6.45) is 0. The zero-order valence-corrected chi connectivity index (χ0v) is 8.25. The Balaban J connectivity index is 2.73. The van der Waals surface area contributed by atoms with E-state index in [1.807, 2.05) is 6.07 Å². The van der Waals surface area contributed by atoms with Gasteiger partial charge in [0.25, 0.3) is 0 Å². The lowest BCUT2D eigenvalue weighted by molar-refractivity contribution is 0.120. The van der Waals surface area contributed by atoms with Crippen molar-refractivity contribution in [1.29, 1.82) is 5.26 Å². The van der Waals surface area contributed by atoms with E-state index >= 15 is 0 Å². The Hall–Kier alpha value is -1.56. The minimum absolute atomic E-state index is 0.0499. The number of halogens is 1. The van der Waals surface area contributed by atoms with E-state index < -0.39 is 5.67 Å². The van der Waals surface area contributed by atoms with Gasteiger partial charge in [0.2, 0.25) is 0 Å². The molecular formula is C11H12FNO. The number of hydrogen-bond acceptors (Lipinski definition) is 2. The van der Waals surface area contributed by atoms with Crippen molar-refractivity contribution >= 4 is 0 Å². The van der Waals surface area contributed by atoms with Crippen LogP contribution in [0.3, 0.4) is 0 Å². The van der Waals surface area contributed by atoms with E-state index in [9.17, 15) is 4.39 Å². The molecule has 14 heavy (non-hydrogen) atoms. The minimum Gasteiger partial charge on any atom is -0.489 e. The number of nitriles is 1. The van der Waals surface area contributed by atoms with E-state index in [0.717, 1.165) is 0 Å². The molecule has 0 saturated heterocycles. The third-order valence-electron chi connectivity index (χ3n) is 1.58. The molecule has 0 radical (unpaired) electrons. The Morgan fingerprint density at radius 2 is 2.07 bits per heavy atom. The highest BCUT2D eigenvalue weighted by atomic mass is 19.1. The van der Waals surface area contributed by atoms with Crippen LogP contribution in [0.15, 0.2) is 24.3 Å². The first-order valence-electron chi connectivity index (χ1n) is 4.34. The Morgan fingerprint density at radius 3 is 2.64 bits per heavy atom. The summed E-state index contributed by atoms with van der Waals surface area (Å²) in [4.78, 5) is 0. The van der Waals surface area contributed by atoms with E-state index in [1.165, 1.54) is 13.8 Å². The second-order valence-corrected chi connectivity index (χ2v) is 3.62. The summed E-state index contributed by atoms with van der Waals surface area (Å²) in [6.45, 7) is 2.82. The van der Waals surface area contributed by atoms with Gasteiger partial charge in [0.05, 0.1) is 5.56 Å². The predicted molar refractivity (Wildman–Crippen MR) is 51.8 cm³/mol. The van der Waals surface area contributed by atoms with Gasteiger partial charge in [0.1, 0.15) is 24.1 Å². The van der Waals surface area contributed by atoms with E-state index in [1.54, 1.807) is 24.3 Å². The van der Waals surface area contributed by atoms with Crippen molar-refractivity contribution in [3.05, 3.63) is 29.8 Å². The van der Waals surface area contributed by atoms with Crippen LogP contribution in [0.5, 0.6) is 5.75 Å². The van der Waals surface area contributed by atoms with Gasteiger partial charge in [-0.15, -0.1) is 0 Å². The maximum absolute atomic E-state index is 13.1. The van der Waals surface area contributed by atoms with E-state index in [2.05, 4.69) is 0 Å². The topological polar surface area (TPSA) is 33.0 Å². The molecule has 2 nitrogen and oxygen atoms in total. The number of hydrogen-bond donors (Lipinski definition) is 0. The second kappa shape index (κ2) is 4.10. The molecule has 0 aromatic heterocycles. The summed E-state index contributed by atoms with van der Waals surface area (Å²) < 4.78 is 18.3. The fourth-order valence-corrected chi connectivity index (χ4v) is 0.934. The molecule has 1 aromatic rings. The van der Waals surface area contributed by atoms with E-state index in [0.29, 0.717) is 11.3 Å². The number of benzene rings is 1. The monoisotopic (exact) mass is 193 g/mol. The van der Waals surface area contributed by atoms with Gasteiger partial charge in [-0.05, 0) is 26.0 Å². The minimum atomic E-state index is -1.39. The lowest BCUT2D eigenvalue weighted by Crippen LogP contribution is -2.22. The van der Waals surface area contributed by atoms with Gasteiger partial charge >= 0.3 is 0 Å². The van der Waals surface area contributed by atoms with Crippen LogP contribution < -0.4 is 4.74 Å². The van der Waals surface area contributed by atoms with Crippen LogP contribution in [-0.4, -0.2) is 12.3 Å². The number of ether oxygens (including phenoxy) is 1. The van der Waals surface area contributed by atoms with Crippen LogP contribution in [0.4, 0.5) is 4.39 Å². The second-order valence-electron chi connectivity index (χ2n) is 3.62. The molecule has 0 bridgehead atoms. The highest BCUT2D eigenvalue weighted by Crippen LogP contribution is 2.19. The summed E-state index contributed by atoms with van der Waals surface area (Å²) in [6, 6.07) is 8.77. The molecule has 1 aromatic carbocycles. The fourth-order valence-electron chi connectivity index (χ4n) is 0.934. The molecule has 0 spiro atoms. The van der Waals surface area contributed by atoms with Crippen LogP contribution in [0, 0.1) is 11.3 Å². The fraction of sp³-hybridized carbons (Fsp3) is 0.364. The molecule has 0 N–H and O–H groups in total. The van der Waals surface area contributed by atoms with Gasteiger partial charge in [-0.2, -0.15) is 5.26 Å². The van der Waals surface area contributed by atoms with Crippen LogP contribution >= 0.6 is 0 Å². The zero-order chi connectivity index (χ0) is 10.6.